The second kappa shape index (κ2) is 8.49. The van der Waals surface area contributed by atoms with Crippen molar-refractivity contribution >= 4 is 29.1 Å². The molecule has 2 aromatic rings. The van der Waals surface area contributed by atoms with E-state index in [2.05, 4.69) is 17.6 Å². The third-order valence-electron chi connectivity index (χ3n) is 4.57. The van der Waals surface area contributed by atoms with Gasteiger partial charge in [-0.25, -0.2) is 0 Å². The van der Waals surface area contributed by atoms with Gasteiger partial charge in [-0.2, -0.15) is 0 Å². The Morgan fingerprint density at radius 1 is 1.04 bits per heavy atom. The predicted molar refractivity (Wildman–Crippen MR) is 105 cm³/mol. The molecule has 0 aliphatic carbocycles. The van der Waals surface area contributed by atoms with Gasteiger partial charge in [-0.1, -0.05) is 19.1 Å². The molecule has 0 atom stereocenters. The predicted octanol–water partition coefficient (Wildman–Crippen LogP) is 2.74. The van der Waals surface area contributed by atoms with Crippen LogP contribution in [0.2, 0.25) is 0 Å². The zero-order valence-electron chi connectivity index (χ0n) is 15.3. The summed E-state index contributed by atoms with van der Waals surface area (Å²) in [4.78, 5) is 37.7. The molecule has 0 unspecified atom stereocenters. The number of nitrogens with zero attached hydrogens (tertiary/aromatic N) is 1. The third-order valence-corrected chi connectivity index (χ3v) is 4.57. The molecule has 1 aliphatic rings. The first kappa shape index (κ1) is 18.6. The number of carbonyl (C=O) groups excluding carboxylic acids is 3. The number of amides is 3. The molecule has 27 heavy (non-hydrogen) atoms. The second-order valence-corrected chi connectivity index (χ2v) is 6.48. The highest BCUT2D eigenvalue weighted by atomic mass is 16.2. The van der Waals surface area contributed by atoms with E-state index in [4.69, 9.17) is 0 Å². The maximum atomic E-state index is 12.2. The minimum atomic E-state index is -0.328. The average molecular weight is 365 g/mol. The zero-order chi connectivity index (χ0) is 19.2. The van der Waals surface area contributed by atoms with Gasteiger partial charge in [0.1, 0.15) is 0 Å². The smallest absolute Gasteiger partial charge is 0.251 e. The van der Waals surface area contributed by atoms with Crippen molar-refractivity contribution in [1.29, 1.82) is 0 Å². The van der Waals surface area contributed by atoms with Gasteiger partial charge in [0.2, 0.25) is 11.8 Å². The highest BCUT2D eigenvalue weighted by Crippen LogP contribution is 2.21. The minimum absolute atomic E-state index is 0.107. The van der Waals surface area contributed by atoms with Crippen molar-refractivity contribution < 1.29 is 14.4 Å². The molecule has 1 saturated heterocycles. The molecule has 2 aromatic carbocycles. The van der Waals surface area contributed by atoms with Crippen molar-refractivity contribution in [3.8, 4) is 0 Å². The largest absolute Gasteiger partial charge is 0.343 e. The molecule has 2 N–H and O–H groups in total. The molecule has 0 radical (unpaired) electrons. The number of aryl methyl sites for hydroxylation is 1. The summed E-state index contributed by atoms with van der Waals surface area (Å²) >= 11 is 0. The fourth-order valence-corrected chi connectivity index (χ4v) is 3.01. The number of benzene rings is 2. The fourth-order valence-electron chi connectivity index (χ4n) is 3.01. The first-order chi connectivity index (χ1) is 13.1. The first-order valence-electron chi connectivity index (χ1n) is 9.14. The van der Waals surface area contributed by atoms with Crippen LogP contribution in [0.4, 0.5) is 11.4 Å². The summed E-state index contributed by atoms with van der Waals surface area (Å²) in [6.07, 6.45) is 2.37. The van der Waals surface area contributed by atoms with E-state index < -0.39 is 0 Å². The summed E-state index contributed by atoms with van der Waals surface area (Å²) in [6.45, 7) is 2.67. The van der Waals surface area contributed by atoms with Crippen LogP contribution in [-0.2, 0) is 16.0 Å². The lowest BCUT2D eigenvalue weighted by Crippen LogP contribution is -2.32. The van der Waals surface area contributed by atoms with Crippen LogP contribution in [0.15, 0.2) is 48.5 Å². The molecular weight excluding hydrogens is 342 g/mol. The van der Waals surface area contributed by atoms with Crippen LogP contribution >= 0.6 is 0 Å². The summed E-state index contributed by atoms with van der Waals surface area (Å²) in [5.74, 6) is -0.506. The molecule has 1 heterocycles. The van der Waals surface area contributed by atoms with Gasteiger partial charge in [0.05, 0.1) is 6.54 Å². The number of anilines is 2. The van der Waals surface area contributed by atoms with E-state index >= 15 is 0 Å². The maximum absolute atomic E-state index is 12.2. The zero-order valence-corrected chi connectivity index (χ0v) is 15.3. The summed E-state index contributed by atoms with van der Waals surface area (Å²) in [5, 5.41) is 5.36. The van der Waals surface area contributed by atoms with Crippen molar-refractivity contribution in [1.82, 2.24) is 5.32 Å². The van der Waals surface area contributed by atoms with Gasteiger partial charge in [-0.15, -0.1) is 0 Å². The normalized spacial score (nSPS) is 13.5. The lowest BCUT2D eigenvalue weighted by atomic mass is 10.1. The summed E-state index contributed by atoms with van der Waals surface area (Å²) in [5.41, 5.74) is 3.14. The Balaban J connectivity index is 1.50. The highest BCUT2D eigenvalue weighted by Gasteiger charge is 2.21. The van der Waals surface area contributed by atoms with Gasteiger partial charge in [0.25, 0.3) is 5.91 Å². The molecule has 6 heteroatoms. The average Bonchev–Trinajstić information content (AvgIpc) is 3.13. The molecular formula is C21H23N3O3. The SMILES string of the molecule is CCc1ccc(NC(=O)CNC(=O)c2ccc(N3CCCC3=O)cc2)cc1. The van der Waals surface area contributed by atoms with Crippen molar-refractivity contribution in [2.45, 2.75) is 26.2 Å². The molecule has 1 aliphatic heterocycles. The number of hydrogen-bond acceptors (Lipinski definition) is 3. The van der Waals surface area contributed by atoms with Crippen LogP contribution < -0.4 is 15.5 Å². The molecule has 6 nitrogen and oxygen atoms in total. The third kappa shape index (κ3) is 4.73. The monoisotopic (exact) mass is 365 g/mol. The van der Waals surface area contributed by atoms with Crippen LogP contribution in [0, 0.1) is 0 Å². The van der Waals surface area contributed by atoms with E-state index in [-0.39, 0.29) is 24.3 Å². The van der Waals surface area contributed by atoms with E-state index in [1.165, 1.54) is 5.56 Å². The lowest BCUT2D eigenvalue weighted by molar-refractivity contribution is -0.117. The standard InChI is InChI=1S/C21H23N3O3/c1-2-15-5-9-17(10-6-15)23-19(25)14-22-21(27)16-7-11-18(12-8-16)24-13-3-4-20(24)26/h5-12H,2-4,13-14H2,1H3,(H,22,27)(H,23,25). The lowest BCUT2D eigenvalue weighted by Gasteiger charge is -2.15. The van der Waals surface area contributed by atoms with E-state index in [9.17, 15) is 14.4 Å². The van der Waals surface area contributed by atoms with Crippen LogP contribution in [0.3, 0.4) is 0 Å². The number of rotatable bonds is 6. The first-order valence-corrected chi connectivity index (χ1v) is 9.14. The Bertz CT molecular complexity index is 829. The highest BCUT2D eigenvalue weighted by molar-refractivity contribution is 6.00. The van der Waals surface area contributed by atoms with Crippen LogP contribution in [0.1, 0.15) is 35.7 Å². The number of carbonyl (C=O) groups is 3. The molecule has 3 rings (SSSR count). The topological polar surface area (TPSA) is 78.5 Å². The van der Waals surface area contributed by atoms with E-state index in [1.807, 2.05) is 24.3 Å². The Kier molecular flexibility index (Phi) is 5.86. The molecule has 0 spiro atoms. The van der Waals surface area contributed by atoms with Gasteiger partial charge < -0.3 is 15.5 Å². The Labute approximate surface area is 158 Å². The molecule has 1 fully saturated rings. The molecule has 0 saturated carbocycles. The number of nitrogens with one attached hydrogen (secondary N) is 2. The Morgan fingerprint density at radius 2 is 1.74 bits per heavy atom. The minimum Gasteiger partial charge on any atom is -0.343 e. The Morgan fingerprint density at radius 3 is 2.33 bits per heavy atom. The summed E-state index contributed by atoms with van der Waals surface area (Å²) in [6, 6.07) is 14.5. The van der Waals surface area contributed by atoms with Crippen LogP contribution in [0.25, 0.3) is 0 Å². The molecule has 0 aromatic heterocycles. The van der Waals surface area contributed by atoms with E-state index in [0.717, 1.165) is 18.5 Å². The van der Waals surface area contributed by atoms with Crippen molar-refractivity contribution in [3.05, 3.63) is 59.7 Å². The van der Waals surface area contributed by atoms with Crippen LogP contribution in [-0.4, -0.2) is 30.8 Å². The van der Waals surface area contributed by atoms with Crippen molar-refractivity contribution in [2.24, 2.45) is 0 Å². The maximum Gasteiger partial charge on any atom is 0.251 e. The molecule has 0 bridgehead atoms. The van der Waals surface area contributed by atoms with Gasteiger partial charge in [0.15, 0.2) is 0 Å². The van der Waals surface area contributed by atoms with Crippen molar-refractivity contribution in [2.75, 3.05) is 23.3 Å². The van der Waals surface area contributed by atoms with Gasteiger partial charge in [-0.3, -0.25) is 14.4 Å². The van der Waals surface area contributed by atoms with Gasteiger partial charge in [-0.05, 0) is 54.8 Å². The van der Waals surface area contributed by atoms with Gasteiger partial charge in [0, 0.05) is 29.9 Å². The van der Waals surface area contributed by atoms with Gasteiger partial charge >= 0.3 is 0 Å². The molecule has 3 amide bonds. The molecule has 140 valence electrons. The Hall–Kier alpha value is -3.15. The number of hydrogen-bond donors (Lipinski definition) is 2. The van der Waals surface area contributed by atoms with E-state index in [0.29, 0.717) is 24.2 Å². The summed E-state index contributed by atoms with van der Waals surface area (Å²) in [7, 11) is 0. The quantitative estimate of drug-likeness (QED) is 0.826. The second-order valence-electron chi connectivity index (χ2n) is 6.48. The fraction of sp³-hybridized carbons (Fsp3) is 0.286. The summed E-state index contributed by atoms with van der Waals surface area (Å²) < 4.78 is 0. The van der Waals surface area contributed by atoms with Crippen LogP contribution in [0.5, 0.6) is 0 Å². The van der Waals surface area contributed by atoms with Crippen molar-refractivity contribution in [3.63, 3.8) is 0 Å². The van der Waals surface area contributed by atoms with E-state index in [1.54, 1.807) is 29.2 Å².